The molecule has 2 amide bonds. The number of nitrogens with two attached hydrogens (primary N) is 1. The lowest BCUT2D eigenvalue weighted by molar-refractivity contribution is -0.123. The number of rotatable bonds is 5. The summed E-state index contributed by atoms with van der Waals surface area (Å²) < 4.78 is 11.1. The molecule has 1 saturated carbocycles. The lowest BCUT2D eigenvalue weighted by Gasteiger charge is -2.33. The number of nitrogens with zero attached hydrogens (tertiary/aromatic N) is 2. The van der Waals surface area contributed by atoms with Crippen LogP contribution in [-0.2, 0) is 9.53 Å². The Kier molecular flexibility index (Phi) is 4.50. The zero-order valence-corrected chi connectivity index (χ0v) is 14.4. The van der Waals surface area contributed by atoms with Gasteiger partial charge in [0, 0.05) is 25.6 Å². The second-order valence-corrected chi connectivity index (χ2v) is 7.52. The van der Waals surface area contributed by atoms with Crippen LogP contribution < -0.4 is 5.73 Å². The molecule has 1 aromatic rings. The summed E-state index contributed by atoms with van der Waals surface area (Å²) in [6.45, 7) is 2.04. The Labute approximate surface area is 146 Å². The molecule has 0 unspecified atom stereocenters. The predicted molar refractivity (Wildman–Crippen MR) is 88.8 cm³/mol. The minimum absolute atomic E-state index is 0.0371. The molecule has 2 atom stereocenters. The van der Waals surface area contributed by atoms with Crippen LogP contribution in [0.5, 0.6) is 0 Å². The van der Waals surface area contributed by atoms with Crippen LogP contribution in [0.1, 0.15) is 60.7 Å². The minimum atomic E-state index is -0.256. The predicted octanol–water partition coefficient (Wildman–Crippen LogP) is 1.68. The zero-order chi connectivity index (χ0) is 17.4. The summed E-state index contributed by atoms with van der Waals surface area (Å²) in [4.78, 5) is 30.3. The van der Waals surface area contributed by atoms with Crippen LogP contribution in [0, 0.1) is 11.8 Å². The average molecular weight is 347 g/mol. The largest absolute Gasteiger partial charge is 0.438 e. The Hall–Kier alpha value is -1.89. The van der Waals surface area contributed by atoms with Crippen molar-refractivity contribution in [3.8, 4) is 0 Å². The maximum atomic E-state index is 12.7. The van der Waals surface area contributed by atoms with Gasteiger partial charge >= 0.3 is 0 Å². The minimum Gasteiger partial charge on any atom is -0.438 e. The standard InChI is InChI=1S/C18H25N3O4/c19-17(22)13-5-8-24-14(13)9-11-3-6-21(7-4-11)18(23)16-15(12-1-2-12)20-10-25-16/h10-14H,1-9H2,(H2,19,22)/t13-,14-/m1/s1. The molecule has 3 fully saturated rings. The lowest BCUT2D eigenvalue weighted by atomic mass is 9.86. The molecule has 3 heterocycles. The van der Waals surface area contributed by atoms with E-state index in [0.717, 1.165) is 44.2 Å². The van der Waals surface area contributed by atoms with Crippen molar-refractivity contribution in [3.63, 3.8) is 0 Å². The van der Waals surface area contributed by atoms with Gasteiger partial charge in [-0.15, -0.1) is 0 Å². The SMILES string of the molecule is NC(=O)[C@@H]1CCO[C@@H]1CC1CCN(C(=O)c2ocnc2C2CC2)CC1. The smallest absolute Gasteiger partial charge is 0.291 e. The molecule has 2 saturated heterocycles. The quantitative estimate of drug-likeness (QED) is 0.874. The molecule has 136 valence electrons. The van der Waals surface area contributed by atoms with E-state index in [1.54, 1.807) is 0 Å². The number of carbonyl (C=O) groups excluding carboxylic acids is 2. The molecule has 4 rings (SSSR count). The van der Waals surface area contributed by atoms with Gasteiger partial charge in [-0.1, -0.05) is 0 Å². The van der Waals surface area contributed by atoms with Crippen molar-refractivity contribution in [1.29, 1.82) is 0 Å². The first-order chi connectivity index (χ1) is 12.1. The summed E-state index contributed by atoms with van der Waals surface area (Å²) in [5.74, 6) is 0.842. The molecule has 2 aliphatic heterocycles. The highest BCUT2D eigenvalue weighted by molar-refractivity contribution is 5.92. The van der Waals surface area contributed by atoms with Gasteiger partial charge in [-0.3, -0.25) is 9.59 Å². The number of primary amides is 1. The lowest BCUT2D eigenvalue weighted by Crippen LogP contribution is -2.40. The summed E-state index contributed by atoms with van der Waals surface area (Å²) in [5, 5.41) is 0. The van der Waals surface area contributed by atoms with E-state index in [9.17, 15) is 9.59 Å². The monoisotopic (exact) mass is 347 g/mol. The fraction of sp³-hybridized carbons (Fsp3) is 0.722. The molecule has 1 aliphatic carbocycles. The number of amides is 2. The Morgan fingerprint density at radius 1 is 1.20 bits per heavy atom. The van der Waals surface area contributed by atoms with Crippen molar-refractivity contribution < 1.29 is 18.7 Å². The number of aromatic nitrogens is 1. The van der Waals surface area contributed by atoms with Crippen LogP contribution in [0.2, 0.25) is 0 Å². The molecule has 1 aromatic heterocycles. The zero-order valence-electron chi connectivity index (χ0n) is 14.4. The molecule has 2 N–H and O–H groups in total. The molecule has 3 aliphatic rings. The molecule has 7 heteroatoms. The van der Waals surface area contributed by atoms with E-state index in [1.807, 2.05) is 4.90 Å². The fourth-order valence-electron chi connectivity index (χ4n) is 4.11. The number of carbonyl (C=O) groups is 2. The molecule has 0 bridgehead atoms. The normalized spacial score (nSPS) is 27.6. The highest BCUT2D eigenvalue weighted by atomic mass is 16.5. The highest BCUT2D eigenvalue weighted by Crippen LogP contribution is 2.41. The third-order valence-electron chi connectivity index (χ3n) is 5.80. The van der Waals surface area contributed by atoms with Crippen LogP contribution in [0.3, 0.4) is 0 Å². The molecule has 25 heavy (non-hydrogen) atoms. The molecular weight excluding hydrogens is 322 g/mol. The van der Waals surface area contributed by atoms with Gasteiger partial charge < -0.3 is 19.8 Å². The number of hydrogen-bond donors (Lipinski definition) is 1. The van der Waals surface area contributed by atoms with Gasteiger partial charge in [0.25, 0.3) is 5.91 Å². The second-order valence-electron chi connectivity index (χ2n) is 7.52. The van der Waals surface area contributed by atoms with Crippen molar-refractivity contribution in [1.82, 2.24) is 9.88 Å². The molecule has 0 spiro atoms. The van der Waals surface area contributed by atoms with Crippen molar-refractivity contribution in [3.05, 3.63) is 17.8 Å². The summed E-state index contributed by atoms with van der Waals surface area (Å²) in [6.07, 6.45) is 6.94. The van der Waals surface area contributed by atoms with E-state index in [0.29, 0.717) is 37.3 Å². The average Bonchev–Trinajstić information content (AvgIpc) is 3.15. The van der Waals surface area contributed by atoms with Crippen molar-refractivity contribution in [2.75, 3.05) is 19.7 Å². The van der Waals surface area contributed by atoms with Crippen molar-refractivity contribution in [2.24, 2.45) is 17.6 Å². The van der Waals surface area contributed by atoms with Crippen LogP contribution in [0.4, 0.5) is 0 Å². The van der Waals surface area contributed by atoms with Gasteiger partial charge in [0.15, 0.2) is 6.39 Å². The van der Waals surface area contributed by atoms with E-state index >= 15 is 0 Å². The topological polar surface area (TPSA) is 98.7 Å². The number of hydrogen-bond acceptors (Lipinski definition) is 5. The van der Waals surface area contributed by atoms with Gasteiger partial charge in [0.1, 0.15) is 0 Å². The summed E-state index contributed by atoms with van der Waals surface area (Å²) in [6, 6.07) is 0. The first-order valence-corrected chi connectivity index (χ1v) is 9.27. The summed E-state index contributed by atoms with van der Waals surface area (Å²) >= 11 is 0. The third kappa shape index (κ3) is 3.42. The van der Waals surface area contributed by atoms with Gasteiger partial charge in [0.2, 0.25) is 11.7 Å². The number of oxazole rings is 1. The summed E-state index contributed by atoms with van der Waals surface area (Å²) in [7, 11) is 0. The van der Waals surface area contributed by atoms with Gasteiger partial charge in [-0.05, 0) is 44.4 Å². The summed E-state index contributed by atoms with van der Waals surface area (Å²) in [5.41, 5.74) is 6.29. The molecule has 0 aromatic carbocycles. The van der Waals surface area contributed by atoms with E-state index in [4.69, 9.17) is 14.9 Å². The Morgan fingerprint density at radius 3 is 2.64 bits per heavy atom. The second kappa shape index (κ2) is 6.78. The first kappa shape index (κ1) is 16.6. The first-order valence-electron chi connectivity index (χ1n) is 9.27. The highest BCUT2D eigenvalue weighted by Gasteiger charge is 2.37. The maximum Gasteiger partial charge on any atom is 0.291 e. The van der Waals surface area contributed by atoms with Crippen molar-refractivity contribution >= 4 is 11.8 Å². The number of piperidine rings is 1. The Bertz CT molecular complexity index is 647. The van der Waals surface area contributed by atoms with E-state index in [1.165, 1.54) is 6.39 Å². The van der Waals surface area contributed by atoms with Crippen LogP contribution in [-0.4, -0.2) is 47.5 Å². The van der Waals surface area contributed by atoms with Crippen LogP contribution in [0.15, 0.2) is 10.8 Å². The van der Waals surface area contributed by atoms with E-state index in [2.05, 4.69) is 4.98 Å². The fourth-order valence-corrected chi connectivity index (χ4v) is 4.11. The van der Waals surface area contributed by atoms with E-state index < -0.39 is 0 Å². The molecule has 0 radical (unpaired) electrons. The van der Waals surface area contributed by atoms with Crippen LogP contribution >= 0.6 is 0 Å². The molecular formula is C18H25N3O4. The number of likely N-dealkylation sites (tertiary alicyclic amines) is 1. The van der Waals surface area contributed by atoms with Crippen LogP contribution in [0.25, 0.3) is 0 Å². The Balaban J connectivity index is 1.31. The maximum absolute atomic E-state index is 12.7. The number of ether oxygens (including phenoxy) is 1. The molecule has 7 nitrogen and oxygen atoms in total. The van der Waals surface area contributed by atoms with Gasteiger partial charge in [-0.2, -0.15) is 0 Å². The van der Waals surface area contributed by atoms with E-state index in [-0.39, 0.29) is 23.8 Å². The van der Waals surface area contributed by atoms with Gasteiger partial charge in [0.05, 0.1) is 17.7 Å². The van der Waals surface area contributed by atoms with Crippen molar-refractivity contribution in [2.45, 2.75) is 50.5 Å². The Morgan fingerprint density at radius 2 is 1.96 bits per heavy atom. The van der Waals surface area contributed by atoms with Gasteiger partial charge in [-0.25, -0.2) is 4.98 Å². The third-order valence-corrected chi connectivity index (χ3v) is 5.80.